The number of alkyl halides is 2. The Kier molecular flexibility index (Phi) is 6.03. The molecule has 1 aromatic heterocycles. The first kappa shape index (κ1) is 18.1. The summed E-state index contributed by atoms with van der Waals surface area (Å²) >= 11 is 1.53. The Morgan fingerprint density at radius 1 is 1.33 bits per heavy atom. The van der Waals surface area contributed by atoms with Gasteiger partial charge in [0.25, 0.3) is 0 Å². The fourth-order valence-electron chi connectivity index (χ4n) is 2.26. The Morgan fingerprint density at radius 3 is 2.67 bits per heavy atom. The van der Waals surface area contributed by atoms with Gasteiger partial charge in [-0.2, -0.15) is 8.78 Å². The molecule has 0 fully saturated rings. The number of ether oxygens (including phenoxy) is 1. The number of amides is 1. The van der Waals surface area contributed by atoms with E-state index in [0.29, 0.717) is 5.56 Å². The minimum absolute atomic E-state index is 0.0264. The molecule has 0 spiro atoms. The minimum Gasteiger partial charge on any atom is -0.434 e. The molecule has 4 nitrogen and oxygen atoms in total. The van der Waals surface area contributed by atoms with Crippen LogP contribution in [-0.4, -0.2) is 17.5 Å². The normalized spacial score (nSPS) is 12.6. The quantitative estimate of drug-likeness (QED) is 0.791. The van der Waals surface area contributed by atoms with Crippen LogP contribution in [0, 0.1) is 13.8 Å². The van der Waals surface area contributed by atoms with E-state index in [0.717, 1.165) is 15.6 Å². The van der Waals surface area contributed by atoms with Gasteiger partial charge in [0.2, 0.25) is 5.91 Å². The zero-order chi connectivity index (χ0) is 17.7. The van der Waals surface area contributed by atoms with Crippen molar-refractivity contribution in [2.75, 3.05) is 0 Å². The highest BCUT2D eigenvalue weighted by molar-refractivity contribution is 7.11. The van der Waals surface area contributed by atoms with Gasteiger partial charge in [0, 0.05) is 16.5 Å². The van der Waals surface area contributed by atoms with Crippen LogP contribution in [0.25, 0.3) is 6.08 Å². The zero-order valence-corrected chi connectivity index (χ0v) is 14.4. The second kappa shape index (κ2) is 8.01. The molecule has 24 heavy (non-hydrogen) atoms. The second-order valence-electron chi connectivity index (χ2n) is 5.16. The smallest absolute Gasteiger partial charge is 0.387 e. The third-order valence-corrected chi connectivity index (χ3v) is 4.50. The lowest BCUT2D eigenvalue weighted by atomic mass is 10.2. The van der Waals surface area contributed by atoms with E-state index in [9.17, 15) is 13.6 Å². The molecule has 128 valence electrons. The predicted molar refractivity (Wildman–Crippen MR) is 90.3 cm³/mol. The Morgan fingerprint density at radius 2 is 2.04 bits per heavy atom. The maximum absolute atomic E-state index is 12.4. The van der Waals surface area contributed by atoms with E-state index in [2.05, 4.69) is 15.0 Å². The van der Waals surface area contributed by atoms with Crippen molar-refractivity contribution in [2.24, 2.45) is 0 Å². The van der Waals surface area contributed by atoms with Crippen molar-refractivity contribution < 1.29 is 18.3 Å². The van der Waals surface area contributed by atoms with Gasteiger partial charge < -0.3 is 10.1 Å². The van der Waals surface area contributed by atoms with Crippen LogP contribution in [0.1, 0.15) is 34.1 Å². The largest absolute Gasteiger partial charge is 0.434 e. The molecule has 1 atom stereocenters. The van der Waals surface area contributed by atoms with Gasteiger partial charge in [-0.25, -0.2) is 4.98 Å². The average molecular weight is 352 g/mol. The second-order valence-corrected chi connectivity index (χ2v) is 6.40. The van der Waals surface area contributed by atoms with Gasteiger partial charge >= 0.3 is 6.61 Å². The van der Waals surface area contributed by atoms with Gasteiger partial charge in [0.05, 0.1) is 16.7 Å². The number of hydrogen-bond acceptors (Lipinski definition) is 4. The van der Waals surface area contributed by atoms with Crippen LogP contribution in [0.4, 0.5) is 8.78 Å². The molecule has 7 heteroatoms. The topological polar surface area (TPSA) is 51.2 Å². The van der Waals surface area contributed by atoms with Gasteiger partial charge in [-0.15, -0.1) is 11.3 Å². The van der Waals surface area contributed by atoms with Crippen molar-refractivity contribution in [3.8, 4) is 5.75 Å². The highest BCUT2D eigenvalue weighted by Crippen LogP contribution is 2.24. The van der Waals surface area contributed by atoms with Crippen LogP contribution in [0.2, 0.25) is 0 Å². The highest BCUT2D eigenvalue weighted by Gasteiger charge is 2.14. The molecule has 1 amide bonds. The lowest BCUT2D eigenvalue weighted by Gasteiger charge is -2.11. The van der Waals surface area contributed by atoms with Crippen LogP contribution >= 0.6 is 11.3 Å². The number of nitrogens with zero attached hydrogens (tertiary/aromatic N) is 1. The van der Waals surface area contributed by atoms with Crippen LogP contribution in [-0.2, 0) is 4.79 Å². The number of halogens is 2. The van der Waals surface area contributed by atoms with Gasteiger partial charge in [-0.05, 0) is 32.9 Å². The maximum Gasteiger partial charge on any atom is 0.387 e. The van der Waals surface area contributed by atoms with Crippen LogP contribution in [0.15, 0.2) is 30.3 Å². The Balaban J connectivity index is 2.04. The van der Waals surface area contributed by atoms with Crippen LogP contribution in [0.3, 0.4) is 0 Å². The van der Waals surface area contributed by atoms with Crippen molar-refractivity contribution in [1.82, 2.24) is 10.3 Å². The number of para-hydroxylation sites is 1. The van der Waals surface area contributed by atoms with Crippen LogP contribution in [0.5, 0.6) is 5.75 Å². The van der Waals surface area contributed by atoms with Crippen LogP contribution < -0.4 is 10.1 Å². The average Bonchev–Trinajstić information content (AvgIpc) is 2.84. The van der Waals surface area contributed by atoms with E-state index < -0.39 is 6.61 Å². The summed E-state index contributed by atoms with van der Waals surface area (Å²) in [5.41, 5.74) is 1.30. The third kappa shape index (κ3) is 4.86. The lowest BCUT2D eigenvalue weighted by Crippen LogP contribution is -2.24. The first-order valence-electron chi connectivity index (χ1n) is 7.33. The fourth-order valence-corrected chi connectivity index (χ4v) is 3.19. The van der Waals surface area contributed by atoms with E-state index in [-0.39, 0.29) is 17.7 Å². The molecule has 0 aliphatic heterocycles. The summed E-state index contributed by atoms with van der Waals surface area (Å²) in [6.07, 6.45) is 2.75. The summed E-state index contributed by atoms with van der Waals surface area (Å²) in [5, 5.41) is 3.78. The monoisotopic (exact) mass is 352 g/mol. The molecule has 2 rings (SSSR count). The number of benzene rings is 1. The molecular formula is C17H18F2N2O2S. The summed E-state index contributed by atoms with van der Waals surface area (Å²) in [7, 11) is 0. The van der Waals surface area contributed by atoms with Gasteiger partial charge in [0.15, 0.2) is 0 Å². The number of aryl methyl sites for hydroxylation is 2. The summed E-state index contributed by atoms with van der Waals surface area (Å²) in [4.78, 5) is 17.4. The van der Waals surface area contributed by atoms with Crippen molar-refractivity contribution in [3.05, 3.63) is 51.5 Å². The Labute approximate surface area is 143 Å². The number of hydrogen-bond donors (Lipinski definition) is 1. The van der Waals surface area contributed by atoms with Gasteiger partial charge in [0.1, 0.15) is 5.75 Å². The van der Waals surface area contributed by atoms with Crippen molar-refractivity contribution >= 4 is 23.3 Å². The first-order valence-corrected chi connectivity index (χ1v) is 8.15. The molecule has 0 radical (unpaired) electrons. The SMILES string of the molecule is Cc1nc(C)c([C@@H](C)NC(=O)/C=C\c2ccccc2OC(F)F)s1. The number of thiazole rings is 1. The molecule has 0 bridgehead atoms. The summed E-state index contributed by atoms with van der Waals surface area (Å²) < 4.78 is 29.2. The molecule has 2 aromatic rings. The number of carbonyl (C=O) groups is 1. The van der Waals surface area contributed by atoms with E-state index in [1.165, 1.54) is 29.6 Å². The lowest BCUT2D eigenvalue weighted by molar-refractivity contribution is -0.117. The Bertz CT molecular complexity index is 744. The molecule has 0 saturated carbocycles. The van der Waals surface area contributed by atoms with Crippen molar-refractivity contribution in [1.29, 1.82) is 0 Å². The zero-order valence-electron chi connectivity index (χ0n) is 13.5. The molecule has 0 aliphatic carbocycles. The standard InChI is InChI=1S/C17H18F2N2O2S/c1-10-16(24-12(3)20-10)11(2)21-15(22)9-8-13-6-4-5-7-14(13)23-17(18)19/h4-9,11,17H,1-3H3,(H,21,22)/b9-8-/t11-/m1/s1. The fraction of sp³-hybridized carbons (Fsp3) is 0.294. The molecule has 0 aliphatic rings. The van der Waals surface area contributed by atoms with E-state index in [1.54, 1.807) is 18.2 Å². The predicted octanol–water partition coefficient (Wildman–Crippen LogP) is 4.25. The summed E-state index contributed by atoms with van der Waals surface area (Å²) in [6.45, 7) is 2.77. The van der Waals surface area contributed by atoms with E-state index in [4.69, 9.17) is 0 Å². The van der Waals surface area contributed by atoms with Gasteiger partial charge in [-0.1, -0.05) is 18.2 Å². The molecule has 1 aromatic carbocycles. The van der Waals surface area contributed by atoms with Crippen molar-refractivity contribution in [2.45, 2.75) is 33.4 Å². The molecule has 0 unspecified atom stereocenters. The van der Waals surface area contributed by atoms with Gasteiger partial charge in [-0.3, -0.25) is 4.79 Å². The molecule has 1 N–H and O–H groups in total. The molecular weight excluding hydrogens is 334 g/mol. The molecule has 1 heterocycles. The van der Waals surface area contributed by atoms with E-state index in [1.807, 2.05) is 20.8 Å². The highest BCUT2D eigenvalue weighted by atomic mass is 32.1. The number of rotatable bonds is 6. The number of aromatic nitrogens is 1. The summed E-state index contributed by atoms with van der Waals surface area (Å²) in [5.74, 6) is -0.293. The van der Waals surface area contributed by atoms with Crippen molar-refractivity contribution in [3.63, 3.8) is 0 Å². The number of carbonyl (C=O) groups excluding carboxylic acids is 1. The maximum atomic E-state index is 12.4. The third-order valence-electron chi connectivity index (χ3n) is 3.24. The summed E-state index contributed by atoms with van der Waals surface area (Å²) in [6, 6.07) is 6.12. The number of nitrogens with one attached hydrogen (secondary N) is 1. The van der Waals surface area contributed by atoms with E-state index >= 15 is 0 Å². The first-order chi connectivity index (χ1) is 11.4. The minimum atomic E-state index is -2.91. The molecule has 0 saturated heterocycles. The Hall–Kier alpha value is -2.28.